The van der Waals surface area contributed by atoms with Crippen molar-refractivity contribution in [3.63, 3.8) is 0 Å². The van der Waals surface area contributed by atoms with Crippen molar-refractivity contribution in [1.29, 1.82) is 0 Å². The Labute approximate surface area is 148 Å². The van der Waals surface area contributed by atoms with Crippen LogP contribution in [0.5, 0.6) is 5.75 Å². The molecule has 5 heteroatoms. The Morgan fingerprint density at radius 2 is 1.92 bits per heavy atom. The SMILES string of the molecule is CC(C)Oc1ccccc1-c1cc(C(=O)[O-])c2cc(Br)ccc2n1. The highest BCUT2D eigenvalue weighted by Gasteiger charge is 2.13. The summed E-state index contributed by atoms with van der Waals surface area (Å²) >= 11 is 3.36. The molecule has 0 radical (unpaired) electrons. The van der Waals surface area contributed by atoms with Crippen LogP contribution in [0, 0.1) is 0 Å². The lowest BCUT2D eigenvalue weighted by Crippen LogP contribution is -2.22. The van der Waals surface area contributed by atoms with Crippen LogP contribution in [0.1, 0.15) is 24.2 Å². The van der Waals surface area contributed by atoms with Crippen molar-refractivity contribution in [1.82, 2.24) is 4.98 Å². The fourth-order valence-corrected chi connectivity index (χ4v) is 2.90. The summed E-state index contributed by atoms with van der Waals surface area (Å²) in [6.45, 7) is 3.88. The highest BCUT2D eigenvalue weighted by atomic mass is 79.9. The highest BCUT2D eigenvalue weighted by Crippen LogP contribution is 2.32. The molecule has 0 saturated heterocycles. The van der Waals surface area contributed by atoms with Crippen LogP contribution in [-0.4, -0.2) is 17.1 Å². The monoisotopic (exact) mass is 384 g/mol. The number of aromatic nitrogens is 1. The van der Waals surface area contributed by atoms with Crippen molar-refractivity contribution in [2.24, 2.45) is 0 Å². The van der Waals surface area contributed by atoms with E-state index in [2.05, 4.69) is 20.9 Å². The van der Waals surface area contributed by atoms with E-state index < -0.39 is 5.97 Å². The first-order chi connectivity index (χ1) is 11.5. The largest absolute Gasteiger partial charge is 0.545 e. The Hall–Kier alpha value is -2.40. The second-order valence-corrected chi connectivity index (χ2v) is 6.58. The summed E-state index contributed by atoms with van der Waals surface area (Å²) in [7, 11) is 0. The zero-order valence-corrected chi connectivity index (χ0v) is 14.8. The van der Waals surface area contributed by atoms with Gasteiger partial charge < -0.3 is 14.6 Å². The van der Waals surface area contributed by atoms with Crippen LogP contribution in [0.3, 0.4) is 0 Å². The molecule has 3 rings (SSSR count). The predicted molar refractivity (Wildman–Crippen MR) is 95.0 cm³/mol. The van der Waals surface area contributed by atoms with E-state index in [0.717, 1.165) is 10.0 Å². The fraction of sp³-hybridized carbons (Fsp3) is 0.158. The Balaban J connectivity index is 2.25. The van der Waals surface area contributed by atoms with Gasteiger partial charge in [-0.05, 0) is 50.2 Å². The maximum Gasteiger partial charge on any atom is 0.129 e. The molecule has 0 atom stereocenters. The first-order valence-electron chi connectivity index (χ1n) is 7.53. The lowest BCUT2D eigenvalue weighted by molar-refractivity contribution is -0.254. The van der Waals surface area contributed by atoms with Gasteiger partial charge in [0.05, 0.1) is 23.3 Å². The number of hydrogen-bond acceptors (Lipinski definition) is 4. The number of carbonyl (C=O) groups excluding carboxylic acids is 1. The molecular formula is C19H15BrNO3-. The number of benzene rings is 2. The molecule has 0 spiro atoms. The molecule has 0 N–H and O–H groups in total. The summed E-state index contributed by atoms with van der Waals surface area (Å²) in [5.74, 6) is -0.565. The van der Waals surface area contributed by atoms with Crippen LogP contribution >= 0.6 is 15.9 Å². The summed E-state index contributed by atoms with van der Waals surface area (Å²) in [6, 6.07) is 14.3. The zero-order chi connectivity index (χ0) is 17.3. The number of carboxylic acids is 1. The molecule has 122 valence electrons. The molecule has 3 aromatic rings. The third-order valence-corrected chi connectivity index (χ3v) is 4.01. The lowest BCUT2D eigenvalue weighted by atomic mass is 10.0. The number of rotatable bonds is 4. The first kappa shape index (κ1) is 16.5. The third-order valence-electron chi connectivity index (χ3n) is 3.52. The van der Waals surface area contributed by atoms with Crippen LogP contribution in [0.4, 0.5) is 0 Å². The van der Waals surface area contributed by atoms with Crippen molar-refractivity contribution in [2.45, 2.75) is 20.0 Å². The fourth-order valence-electron chi connectivity index (χ4n) is 2.54. The molecule has 4 nitrogen and oxygen atoms in total. The quantitative estimate of drug-likeness (QED) is 0.685. The Bertz CT molecular complexity index is 922. The molecule has 1 aromatic heterocycles. The predicted octanol–water partition coefficient (Wildman–Crippen LogP) is 3.82. The molecule has 0 aliphatic rings. The molecule has 0 bridgehead atoms. The topological polar surface area (TPSA) is 62.2 Å². The van der Waals surface area contributed by atoms with Gasteiger partial charge in [0.2, 0.25) is 0 Å². The van der Waals surface area contributed by atoms with Crippen molar-refractivity contribution >= 4 is 32.8 Å². The van der Waals surface area contributed by atoms with Gasteiger partial charge in [-0.2, -0.15) is 0 Å². The van der Waals surface area contributed by atoms with Crippen LogP contribution in [0.2, 0.25) is 0 Å². The number of pyridine rings is 1. The molecule has 0 aliphatic heterocycles. The summed E-state index contributed by atoms with van der Waals surface area (Å²) < 4.78 is 6.61. The van der Waals surface area contributed by atoms with Gasteiger partial charge in [-0.25, -0.2) is 4.98 Å². The van der Waals surface area contributed by atoms with Crippen LogP contribution < -0.4 is 9.84 Å². The smallest absolute Gasteiger partial charge is 0.129 e. The minimum Gasteiger partial charge on any atom is -0.545 e. The van der Waals surface area contributed by atoms with Crippen molar-refractivity contribution < 1.29 is 14.6 Å². The normalized spacial score (nSPS) is 11.0. The zero-order valence-electron chi connectivity index (χ0n) is 13.2. The Kier molecular flexibility index (Phi) is 4.53. The van der Waals surface area contributed by atoms with E-state index in [4.69, 9.17) is 4.74 Å². The summed E-state index contributed by atoms with van der Waals surface area (Å²) in [5, 5.41) is 12.1. The van der Waals surface area contributed by atoms with E-state index in [9.17, 15) is 9.90 Å². The second kappa shape index (κ2) is 6.61. The molecule has 0 unspecified atom stereocenters. The number of carboxylic acid groups (broad SMARTS) is 1. The lowest BCUT2D eigenvalue weighted by Gasteiger charge is -2.16. The maximum absolute atomic E-state index is 11.6. The van der Waals surface area contributed by atoms with Crippen LogP contribution in [0.25, 0.3) is 22.2 Å². The number of hydrogen-bond donors (Lipinski definition) is 0. The molecule has 0 saturated carbocycles. The van der Waals surface area contributed by atoms with Gasteiger partial charge in [-0.3, -0.25) is 0 Å². The number of nitrogens with zero attached hydrogens (tertiary/aromatic N) is 1. The molecule has 2 aromatic carbocycles. The van der Waals surface area contributed by atoms with E-state index in [1.54, 1.807) is 12.1 Å². The van der Waals surface area contributed by atoms with Crippen LogP contribution in [-0.2, 0) is 0 Å². The van der Waals surface area contributed by atoms with Crippen LogP contribution in [0.15, 0.2) is 53.0 Å². The highest BCUT2D eigenvalue weighted by molar-refractivity contribution is 9.10. The molecular weight excluding hydrogens is 370 g/mol. The van der Waals surface area contributed by atoms with Crippen molar-refractivity contribution in [3.05, 3.63) is 58.6 Å². The number of para-hydroxylation sites is 1. The summed E-state index contributed by atoms with van der Waals surface area (Å²) in [4.78, 5) is 16.2. The van der Waals surface area contributed by atoms with E-state index in [1.165, 1.54) is 6.07 Å². The molecule has 0 amide bonds. The molecule has 0 fully saturated rings. The van der Waals surface area contributed by atoms with Gasteiger partial charge in [0.15, 0.2) is 0 Å². The Morgan fingerprint density at radius 3 is 2.62 bits per heavy atom. The number of ether oxygens (including phenoxy) is 1. The average molecular weight is 385 g/mol. The standard InChI is InChI=1S/C19H16BrNO3/c1-11(2)24-18-6-4-3-5-13(18)17-10-15(19(22)23)14-9-12(20)7-8-16(14)21-17/h3-11H,1-2H3,(H,22,23)/p-1. The maximum atomic E-state index is 11.6. The minimum atomic E-state index is -1.23. The molecule has 0 aliphatic carbocycles. The molecule has 1 heterocycles. The number of fused-ring (bicyclic) bond motifs is 1. The van der Waals surface area contributed by atoms with E-state index in [1.807, 2.05) is 44.2 Å². The Morgan fingerprint density at radius 1 is 1.17 bits per heavy atom. The van der Waals surface area contributed by atoms with E-state index >= 15 is 0 Å². The third kappa shape index (κ3) is 3.26. The first-order valence-corrected chi connectivity index (χ1v) is 8.32. The second-order valence-electron chi connectivity index (χ2n) is 5.67. The number of aromatic carboxylic acids is 1. The molecule has 24 heavy (non-hydrogen) atoms. The van der Waals surface area contributed by atoms with Gasteiger partial charge in [-0.1, -0.05) is 28.1 Å². The van der Waals surface area contributed by atoms with E-state index in [0.29, 0.717) is 22.3 Å². The van der Waals surface area contributed by atoms with Gasteiger partial charge in [0.25, 0.3) is 0 Å². The summed E-state index contributed by atoms with van der Waals surface area (Å²) in [5.41, 5.74) is 1.99. The summed E-state index contributed by atoms with van der Waals surface area (Å²) in [6.07, 6.45) is 0.00294. The van der Waals surface area contributed by atoms with Gasteiger partial charge in [-0.15, -0.1) is 0 Å². The minimum absolute atomic E-state index is 0.00294. The van der Waals surface area contributed by atoms with Crippen molar-refractivity contribution in [2.75, 3.05) is 0 Å². The average Bonchev–Trinajstić information content (AvgIpc) is 2.53. The van der Waals surface area contributed by atoms with Gasteiger partial charge >= 0.3 is 0 Å². The van der Waals surface area contributed by atoms with Gasteiger partial charge in [0.1, 0.15) is 5.75 Å². The van der Waals surface area contributed by atoms with E-state index in [-0.39, 0.29) is 11.7 Å². The number of halogens is 1. The van der Waals surface area contributed by atoms with Crippen molar-refractivity contribution in [3.8, 4) is 17.0 Å². The van der Waals surface area contributed by atoms with Gasteiger partial charge in [0, 0.05) is 21.0 Å². The number of carbonyl (C=O) groups is 1.